The zero-order valence-electron chi connectivity index (χ0n) is 14.6. The Morgan fingerprint density at radius 3 is 2.45 bits per heavy atom. The van der Waals surface area contributed by atoms with Crippen LogP contribution in [-0.4, -0.2) is 38.0 Å². The molecule has 0 aromatic heterocycles. The first kappa shape index (κ1) is 18.8. The highest BCUT2D eigenvalue weighted by Gasteiger charge is 2.13. The van der Waals surface area contributed by atoms with E-state index >= 15 is 0 Å². The summed E-state index contributed by atoms with van der Waals surface area (Å²) < 4.78 is 0. The van der Waals surface area contributed by atoms with Gasteiger partial charge in [-0.2, -0.15) is 0 Å². The number of nitrogens with one attached hydrogen (secondary N) is 3. The van der Waals surface area contributed by atoms with E-state index in [4.69, 9.17) is 0 Å². The van der Waals surface area contributed by atoms with Crippen molar-refractivity contribution in [2.24, 2.45) is 10.9 Å². The van der Waals surface area contributed by atoms with Gasteiger partial charge in [0.15, 0.2) is 5.96 Å². The summed E-state index contributed by atoms with van der Waals surface area (Å²) >= 11 is 0. The lowest BCUT2D eigenvalue weighted by molar-refractivity contribution is -0.121. The molecule has 0 heterocycles. The second-order valence-electron chi connectivity index (χ2n) is 6.54. The second kappa shape index (κ2) is 11.3. The third kappa shape index (κ3) is 8.90. The highest BCUT2D eigenvalue weighted by Crippen LogP contribution is 2.28. The molecule has 0 aromatic rings. The molecule has 0 unspecified atom stereocenters. The Labute approximate surface area is 135 Å². The van der Waals surface area contributed by atoms with E-state index in [2.05, 4.69) is 20.9 Å². The van der Waals surface area contributed by atoms with Gasteiger partial charge in [-0.3, -0.25) is 9.79 Å². The first-order chi connectivity index (χ1) is 10.6. The summed E-state index contributed by atoms with van der Waals surface area (Å²) in [6.45, 7) is 5.50. The molecule has 0 radical (unpaired) electrons. The number of rotatable bonds is 9. The van der Waals surface area contributed by atoms with Gasteiger partial charge in [-0.25, -0.2) is 0 Å². The predicted molar refractivity (Wildman–Crippen MR) is 93.1 cm³/mol. The fourth-order valence-electron chi connectivity index (χ4n) is 2.97. The lowest BCUT2D eigenvalue weighted by Crippen LogP contribution is -2.40. The second-order valence-corrected chi connectivity index (χ2v) is 6.54. The summed E-state index contributed by atoms with van der Waals surface area (Å²) in [6.07, 6.45) is 10.1. The van der Waals surface area contributed by atoms with Crippen LogP contribution in [0.2, 0.25) is 0 Å². The summed E-state index contributed by atoms with van der Waals surface area (Å²) in [5.74, 6) is 1.85. The third-order valence-electron chi connectivity index (χ3n) is 4.12. The van der Waals surface area contributed by atoms with Gasteiger partial charge in [0, 0.05) is 32.6 Å². The van der Waals surface area contributed by atoms with Gasteiger partial charge in [-0.1, -0.05) is 38.5 Å². The minimum Gasteiger partial charge on any atom is -0.356 e. The number of aliphatic imine (C=N–C) groups is 1. The fourth-order valence-corrected chi connectivity index (χ4v) is 2.97. The number of carbonyl (C=O) groups excluding carboxylic acids is 1. The van der Waals surface area contributed by atoms with Gasteiger partial charge in [-0.05, 0) is 26.2 Å². The molecular weight excluding hydrogens is 276 g/mol. The van der Waals surface area contributed by atoms with Crippen molar-refractivity contribution in [3.05, 3.63) is 0 Å². The van der Waals surface area contributed by atoms with E-state index < -0.39 is 0 Å². The Morgan fingerprint density at radius 2 is 1.82 bits per heavy atom. The lowest BCUT2D eigenvalue weighted by atomic mass is 10.0. The molecule has 1 aliphatic rings. The van der Waals surface area contributed by atoms with Gasteiger partial charge in [0.25, 0.3) is 0 Å². The van der Waals surface area contributed by atoms with Crippen LogP contribution in [0.15, 0.2) is 4.99 Å². The minimum absolute atomic E-state index is 0.0783. The minimum atomic E-state index is 0.0783. The zero-order chi connectivity index (χ0) is 16.2. The molecule has 1 aliphatic carbocycles. The number of guanidine groups is 1. The average Bonchev–Trinajstić information content (AvgIpc) is 2.97. The molecule has 22 heavy (non-hydrogen) atoms. The highest BCUT2D eigenvalue weighted by molar-refractivity contribution is 5.81. The highest BCUT2D eigenvalue weighted by atomic mass is 16.1. The fraction of sp³-hybridized carbons (Fsp3) is 0.882. The molecule has 0 aromatic carbocycles. The Morgan fingerprint density at radius 1 is 1.14 bits per heavy atom. The van der Waals surface area contributed by atoms with Crippen molar-refractivity contribution in [1.82, 2.24) is 16.0 Å². The maximum Gasteiger partial charge on any atom is 0.221 e. The molecule has 1 saturated carbocycles. The van der Waals surface area contributed by atoms with Crippen LogP contribution in [0.1, 0.15) is 65.2 Å². The predicted octanol–water partition coefficient (Wildman–Crippen LogP) is 2.43. The largest absolute Gasteiger partial charge is 0.356 e. The number of nitrogens with zero attached hydrogens (tertiary/aromatic N) is 1. The standard InChI is InChI=1S/C17H34N4O/c1-14(2)21-16(22)11-13-20-17(18-3)19-12-7-6-10-15-8-4-5-9-15/h14-15H,4-13H2,1-3H3,(H,21,22)(H2,18,19,20). The molecule has 1 amide bonds. The molecule has 5 heteroatoms. The van der Waals surface area contributed by atoms with E-state index in [1.165, 1.54) is 44.9 Å². The summed E-state index contributed by atoms with van der Waals surface area (Å²) in [6, 6.07) is 0.199. The number of unbranched alkanes of at least 4 members (excludes halogenated alkanes) is 1. The van der Waals surface area contributed by atoms with Crippen LogP contribution in [0, 0.1) is 5.92 Å². The maximum atomic E-state index is 11.5. The van der Waals surface area contributed by atoms with Gasteiger partial charge in [0.05, 0.1) is 0 Å². The molecule has 1 rings (SSSR count). The summed E-state index contributed by atoms with van der Waals surface area (Å²) in [5.41, 5.74) is 0. The number of amides is 1. The van der Waals surface area contributed by atoms with Crippen LogP contribution in [0.4, 0.5) is 0 Å². The first-order valence-corrected chi connectivity index (χ1v) is 8.85. The van der Waals surface area contributed by atoms with Crippen molar-refractivity contribution in [3.8, 4) is 0 Å². The van der Waals surface area contributed by atoms with Crippen LogP contribution >= 0.6 is 0 Å². The normalized spacial score (nSPS) is 16.1. The van der Waals surface area contributed by atoms with Crippen molar-refractivity contribution in [2.75, 3.05) is 20.1 Å². The van der Waals surface area contributed by atoms with E-state index in [-0.39, 0.29) is 11.9 Å². The van der Waals surface area contributed by atoms with E-state index in [1.54, 1.807) is 7.05 Å². The SMILES string of the molecule is CN=C(NCCCCC1CCCC1)NCCC(=O)NC(C)C. The number of hydrogen-bond donors (Lipinski definition) is 3. The monoisotopic (exact) mass is 310 g/mol. The Bertz CT molecular complexity index is 336. The van der Waals surface area contributed by atoms with Crippen LogP contribution in [0.3, 0.4) is 0 Å². The molecule has 0 aliphatic heterocycles. The average molecular weight is 310 g/mol. The Hall–Kier alpha value is -1.26. The molecule has 3 N–H and O–H groups in total. The van der Waals surface area contributed by atoms with Crippen molar-refractivity contribution in [2.45, 2.75) is 71.3 Å². The van der Waals surface area contributed by atoms with Gasteiger partial charge >= 0.3 is 0 Å². The zero-order valence-corrected chi connectivity index (χ0v) is 14.6. The van der Waals surface area contributed by atoms with Crippen molar-refractivity contribution >= 4 is 11.9 Å². The van der Waals surface area contributed by atoms with Gasteiger partial charge in [0.2, 0.25) is 5.91 Å². The van der Waals surface area contributed by atoms with E-state index in [0.29, 0.717) is 13.0 Å². The molecule has 0 saturated heterocycles. The van der Waals surface area contributed by atoms with E-state index in [9.17, 15) is 4.79 Å². The van der Waals surface area contributed by atoms with Crippen molar-refractivity contribution in [3.63, 3.8) is 0 Å². The molecule has 0 atom stereocenters. The quantitative estimate of drug-likeness (QED) is 0.348. The molecule has 1 fully saturated rings. The van der Waals surface area contributed by atoms with E-state index in [1.807, 2.05) is 13.8 Å². The molecule has 128 valence electrons. The van der Waals surface area contributed by atoms with Gasteiger partial charge in [0.1, 0.15) is 0 Å². The number of carbonyl (C=O) groups is 1. The summed E-state index contributed by atoms with van der Waals surface area (Å²) in [5, 5.41) is 9.38. The first-order valence-electron chi connectivity index (χ1n) is 8.85. The van der Waals surface area contributed by atoms with Crippen LogP contribution in [0.25, 0.3) is 0 Å². The molecule has 5 nitrogen and oxygen atoms in total. The lowest BCUT2D eigenvalue weighted by Gasteiger charge is -2.13. The van der Waals surface area contributed by atoms with E-state index in [0.717, 1.165) is 18.4 Å². The third-order valence-corrected chi connectivity index (χ3v) is 4.12. The Balaban J connectivity index is 2.01. The van der Waals surface area contributed by atoms with Crippen LogP contribution in [-0.2, 0) is 4.79 Å². The maximum absolute atomic E-state index is 11.5. The van der Waals surface area contributed by atoms with Gasteiger partial charge in [-0.15, -0.1) is 0 Å². The summed E-state index contributed by atoms with van der Waals surface area (Å²) in [4.78, 5) is 15.7. The van der Waals surface area contributed by atoms with Gasteiger partial charge < -0.3 is 16.0 Å². The molecular formula is C17H34N4O. The summed E-state index contributed by atoms with van der Waals surface area (Å²) in [7, 11) is 1.77. The van der Waals surface area contributed by atoms with Crippen molar-refractivity contribution < 1.29 is 4.79 Å². The topological polar surface area (TPSA) is 65.5 Å². The molecule has 0 bridgehead atoms. The van der Waals surface area contributed by atoms with Crippen LogP contribution in [0.5, 0.6) is 0 Å². The van der Waals surface area contributed by atoms with Crippen molar-refractivity contribution in [1.29, 1.82) is 0 Å². The number of hydrogen-bond acceptors (Lipinski definition) is 2. The van der Waals surface area contributed by atoms with Crippen LogP contribution < -0.4 is 16.0 Å². The molecule has 0 spiro atoms. The Kier molecular flexibility index (Phi) is 9.67. The smallest absolute Gasteiger partial charge is 0.221 e.